The molecule has 6 aromatic rings. The number of pyridine rings is 1. The molecule has 6 heteroatoms. The minimum atomic E-state index is -0.866. The van der Waals surface area contributed by atoms with E-state index in [1.165, 1.54) is 0 Å². The number of hydrogen-bond donors (Lipinski definition) is 1. The quantitative estimate of drug-likeness (QED) is 0.192. The molecule has 200 valence electrons. The molecule has 1 aliphatic heterocycles. The van der Waals surface area contributed by atoms with E-state index in [-0.39, 0.29) is 12.3 Å². The Balaban J connectivity index is 1.67. The van der Waals surface area contributed by atoms with Crippen LogP contribution in [-0.4, -0.2) is 25.9 Å². The van der Waals surface area contributed by atoms with Crippen molar-refractivity contribution in [2.75, 3.05) is 5.06 Å². The third-order valence-corrected chi connectivity index (χ3v) is 8.02. The highest BCUT2D eigenvalue weighted by Gasteiger charge is 2.41. The maximum atomic E-state index is 12.5. The Bertz CT molecular complexity index is 1790. The van der Waals surface area contributed by atoms with Gasteiger partial charge in [-0.1, -0.05) is 91.0 Å². The number of hydrogen-bond acceptors (Lipinski definition) is 4. The summed E-state index contributed by atoms with van der Waals surface area (Å²) >= 11 is 0. The molecule has 7 rings (SSSR count). The molecule has 0 saturated carbocycles. The molecular weight excluding hydrogens is 508 g/mol. The molecular formula is C35H28N4O2. The molecule has 0 atom stereocenters. The standard InChI is InChI=1S/C35H28N4O2/c1-24-21-26(19-20-36-24)34-30-22-25-17-18-33(40)38(41)31(25)23-32(30)39(37-34)35(27-11-5-2-6-12-27,28-13-7-3-8-14-28)29-15-9-4-10-16-29/h2-16,19-23,41H,17-18H2,1H3. The predicted molar refractivity (Wildman–Crippen MR) is 160 cm³/mol. The lowest BCUT2D eigenvalue weighted by molar-refractivity contribution is -0.124. The number of carbonyl (C=O) groups is 1. The molecule has 0 bridgehead atoms. The van der Waals surface area contributed by atoms with Crippen molar-refractivity contribution in [2.24, 2.45) is 0 Å². The zero-order valence-electron chi connectivity index (χ0n) is 22.6. The number of rotatable bonds is 5. The Hall–Kier alpha value is -5.07. The van der Waals surface area contributed by atoms with E-state index in [1.807, 2.05) is 79.7 Å². The summed E-state index contributed by atoms with van der Waals surface area (Å²) in [5.41, 5.74) is 7.13. The molecule has 41 heavy (non-hydrogen) atoms. The second-order valence-electron chi connectivity index (χ2n) is 10.5. The van der Waals surface area contributed by atoms with E-state index >= 15 is 0 Å². The first-order valence-corrected chi connectivity index (χ1v) is 13.7. The maximum absolute atomic E-state index is 12.5. The molecule has 1 N–H and O–H groups in total. The van der Waals surface area contributed by atoms with Crippen LogP contribution in [0.2, 0.25) is 0 Å². The van der Waals surface area contributed by atoms with Crippen molar-refractivity contribution >= 4 is 22.5 Å². The van der Waals surface area contributed by atoms with Crippen LogP contribution in [0.4, 0.5) is 5.69 Å². The average molecular weight is 537 g/mol. The van der Waals surface area contributed by atoms with Crippen LogP contribution < -0.4 is 5.06 Å². The number of amides is 1. The van der Waals surface area contributed by atoms with Gasteiger partial charge in [-0.2, -0.15) is 10.2 Å². The van der Waals surface area contributed by atoms with Gasteiger partial charge in [0, 0.05) is 29.3 Å². The molecule has 0 fully saturated rings. The molecule has 0 radical (unpaired) electrons. The smallest absolute Gasteiger partial charge is 0.251 e. The summed E-state index contributed by atoms with van der Waals surface area (Å²) in [6.45, 7) is 1.97. The molecule has 0 saturated heterocycles. The van der Waals surface area contributed by atoms with Crippen LogP contribution in [0.25, 0.3) is 22.2 Å². The highest BCUT2D eigenvalue weighted by molar-refractivity contribution is 6.01. The van der Waals surface area contributed by atoms with Crippen molar-refractivity contribution < 1.29 is 10.0 Å². The van der Waals surface area contributed by atoms with Crippen molar-refractivity contribution in [3.8, 4) is 11.3 Å². The zero-order chi connectivity index (χ0) is 28.0. The van der Waals surface area contributed by atoms with Crippen LogP contribution in [0.15, 0.2) is 121 Å². The SMILES string of the molecule is Cc1cc(-c2nn(C(c3ccccc3)(c3ccccc3)c3ccccc3)c3cc4c(cc23)CCC(=O)N4O)ccn1. The average Bonchev–Trinajstić information content (AvgIpc) is 3.39. The highest BCUT2D eigenvalue weighted by atomic mass is 16.5. The minimum Gasteiger partial charge on any atom is -0.281 e. The van der Waals surface area contributed by atoms with Gasteiger partial charge in [0.1, 0.15) is 11.2 Å². The highest BCUT2D eigenvalue weighted by Crippen LogP contribution is 2.45. The Morgan fingerprint density at radius 2 is 1.34 bits per heavy atom. The van der Waals surface area contributed by atoms with Crippen molar-refractivity contribution in [3.05, 3.63) is 149 Å². The van der Waals surface area contributed by atoms with Gasteiger partial charge < -0.3 is 0 Å². The lowest BCUT2D eigenvalue weighted by Crippen LogP contribution is -2.38. The summed E-state index contributed by atoms with van der Waals surface area (Å²) < 4.78 is 2.07. The number of carbonyl (C=O) groups excluding carboxylic acids is 1. The van der Waals surface area contributed by atoms with Crippen molar-refractivity contribution in [1.29, 1.82) is 0 Å². The van der Waals surface area contributed by atoms with Gasteiger partial charge in [-0.25, -0.2) is 4.68 Å². The number of nitrogens with zero attached hydrogens (tertiary/aromatic N) is 4. The molecule has 0 spiro atoms. The van der Waals surface area contributed by atoms with Gasteiger partial charge >= 0.3 is 0 Å². The van der Waals surface area contributed by atoms with Gasteiger partial charge in [-0.15, -0.1) is 0 Å². The Morgan fingerprint density at radius 3 is 1.90 bits per heavy atom. The minimum absolute atomic E-state index is 0.259. The van der Waals surface area contributed by atoms with Crippen LogP contribution in [0.5, 0.6) is 0 Å². The van der Waals surface area contributed by atoms with Crippen LogP contribution in [0.3, 0.4) is 0 Å². The van der Waals surface area contributed by atoms with E-state index in [0.717, 1.165) is 55.2 Å². The fourth-order valence-corrected chi connectivity index (χ4v) is 6.14. The van der Waals surface area contributed by atoms with Crippen LogP contribution in [0, 0.1) is 6.92 Å². The fraction of sp³-hybridized carbons (Fsp3) is 0.114. The topological polar surface area (TPSA) is 71.2 Å². The maximum Gasteiger partial charge on any atom is 0.251 e. The van der Waals surface area contributed by atoms with Gasteiger partial charge in [0.25, 0.3) is 5.91 Å². The van der Waals surface area contributed by atoms with E-state index in [9.17, 15) is 10.0 Å². The van der Waals surface area contributed by atoms with E-state index in [1.54, 1.807) is 6.20 Å². The molecule has 2 aromatic heterocycles. The van der Waals surface area contributed by atoms with Crippen LogP contribution in [-0.2, 0) is 16.8 Å². The zero-order valence-corrected chi connectivity index (χ0v) is 22.6. The molecule has 3 heterocycles. The molecule has 0 aliphatic carbocycles. The number of benzene rings is 4. The fourth-order valence-electron chi connectivity index (χ4n) is 6.14. The van der Waals surface area contributed by atoms with Crippen LogP contribution >= 0.6 is 0 Å². The first-order chi connectivity index (χ1) is 20.1. The normalized spacial score (nSPS) is 13.4. The monoisotopic (exact) mass is 536 g/mol. The van der Waals surface area contributed by atoms with Crippen molar-refractivity contribution in [3.63, 3.8) is 0 Å². The Kier molecular flexibility index (Phi) is 5.98. The first-order valence-electron chi connectivity index (χ1n) is 13.7. The summed E-state index contributed by atoms with van der Waals surface area (Å²) in [7, 11) is 0. The number of aromatic nitrogens is 3. The summed E-state index contributed by atoms with van der Waals surface area (Å²) in [4.78, 5) is 17.0. The molecule has 6 nitrogen and oxygen atoms in total. The van der Waals surface area contributed by atoms with E-state index < -0.39 is 5.54 Å². The van der Waals surface area contributed by atoms with E-state index in [2.05, 4.69) is 52.1 Å². The second-order valence-corrected chi connectivity index (χ2v) is 10.5. The molecule has 1 amide bonds. The summed E-state index contributed by atoms with van der Waals surface area (Å²) in [6, 6.07) is 39.1. The van der Waals surface area contributed by atoms with Gasteiger partial charge in [-0.05, 0) is 59.9 Å². The summed E-state index contributed by atoms with van der Waals surface area (Å²) in [6.07, 6.45) is 2.62. The van der Waals surface area contributed by atoms with Gasteiger partial charge in [0.05, 0.1) is 11.2 Å². The van der Waals surface area contributed by atoms with E-state index in [0.29, 0.717) is 12.1 Å². The lowest BCUT2D eigenvalue weighted by atomic mass is 9.77. The lowest BCUT2D eigenvalue weighted by Gasteiger charge is -2.37. The Labute approximate surface area is 238 Å². The number of hydroxylamine groups is 1. The summed E-state index contributed by atoms with van der Waals surface area (Å²) in [5.74, 6) is -0.312. The third kappa shape index (κ3) is 3.95. The van der Waals surface area contributed by atoms with Crippen LogP contribution in [0.1, 0.15) is 34.4 Å². The predicted octanol–water partition coefficient (Wildman–Crippen LogP) is 6.92. The molecule has 1 aliphatic rings. The van der Waals surface area contributed by atoms with Crippen molar-refractivity contribution in [1.82, 2.24) is 14.8 Å². The molecule has 4 aromatic carbocycles. The Morgan fingerprint density at radius 1 is 0.756 bits per heavy atom. The van der Waals surface area contributed by atoms with E-state index in [4.69, 9.17) is 5.10 Å². The van der Waals surface area contributed by atoms with Crippen molar-refractivity contribution in [2.45, 2.75) is 25.3 Å². The first kappa shape index (κ1) is 24.9. The van der Waals surface area contributed by atoms with Gasteiger partial charge in [0.15, 0.2) is 0 Å². The number of fused-ring (bicyclic) bond motifs is 2. The third-order valence-electron chi connectivity index (χ3n) is 8.02. The summed E-state index contributed by atoms with van der Waals surface area (Å²) in [5, 5.41) is 18.0. The second kappa shape index (κ2) is 9.84. The largest absolute Gasteiger partial charge is 0.281 e. The molecule has 0 unspecified atom stereocenters. The van der Waals surface area contributed by atoms with Gasteiger partial charge in [0.2, 0.25) is 0 Å². The number of aryl methyl sites for hydroxylation is 2. The number of anilines is 1. The van der Waals surface area contributed by atoms with Gasteiger partial charge in [-0.3, -0.25) is 15.0 Å².